The van der Waals surface area contributed by atoms with Crippen molar-refractivity contribution in [2.75, 3.05) is 12.4 Å². The van der Waals surface area contributed by atoms with E-state index in [4.69, 9.17) is 4.74 Å². The summed E-state index contributed by atoms with van der Waals surface area (Å²) >= 11 is 0. The molecule has 0 saturated carbocycles. The molecule has 2 aromatic rings. The fourth-order valence-corrected chi connectivity index (χ4v) is 1.68. The number of hydrogen-bond donors (Lipinski definition) is 2. The number of benzene rings is 2. The summed E-state index contributed by atoms with van der Waals surface area (Å²) in [7, 11) is 1.55. The smallest absolute Gasteiger partial charge is 0.187 e. The lowest BCUT2D eigenvalue weighted by molar-refractivity contribution is 0.104. The molecule has 0 saturated heterocycles. The number of allylic oxidation sites excluding steroid dienone is 1. The summed E-state index contributed by atoms with van der Waals surface area (Å²) in [5, 5.41) is 12.4. The largest absolute Gasteiger partial charge is 0.506 e. The van der Waals surface area contributed by atoms with Gasteiger partial charge in [-0.3, -0.25) is 4.79 Å². The summed E-state index contributed by atoms with van der Waals surface area (Å²) in [6.45, 7) is 0. The fraction of sp³-hybridized carbons (Fsp3) is 0.0625. The zero-order valence-corrected chi connectivity index (χ0v) is 11.0. The van der Waals surface area contributed by atoms with E-state index in [1.54, 1.807) is 55.6 Å². The van der Waals surface area contributed by atoms with Gasteiger partial charge in [0.25, 0.3) is 0 Å². The van der Waals surface area contributed by atoms with Gasteiger partial charge in [-0.05, 0) is 24.3 Å². The first-order valence-electron chi connectivity index (χ1n) is 6.10. The maximum absolute atomic E-state index is 11.9. The Hall–Kier alpha value is -2.75. The van der Waals surface area contributed by atoms with E-state index in [1.165, 1.54) is 12.3 Å². The average Bonchev–Trinajstić information content (AvgIpc) is 2.49. The molecule has 0 heterocycles. The van der Waals surface area contributed by atoms with Crippen LogP contribution in [0.25, 0.3) is 0 Å². The Morgan fingerprint density at radius 3 is 2.75 bits per heavy atom. The van der Waals surface area contributed by atoms with Gasteiger partial charge in [0, 0.05) is 17.8 Å². The lowest BCUT2D eigenvalue weighted by atomic mass is 10.1. The van der Waals surface area contributed by atoms with Crippen molar-refractivity contribution in [3.05, 3.63) is 66.4 Å². The van der Waals surface area contributed by atoms with Crippen molar-refractivity contribution in [1.29, 1.82) is 0 Å². The molecule has 0 aliphatic heterocycles. The van der Waals surface area contributed by atoms with Crippen LogP contribution in [0.2, 0.25) is 0 Å². The van der Waals surface area contributed by atoms with E-state index in [9.17, 15) is 9.90 Å². The number of ketones is 1. The number of ether oxygens (including phenoxy) is 1. The summed E-state index contributed by atoms with van der Waals surface area (Å²) in [4.78, 5) is 11.9. The first-order valence-corrected chi connectivity index (χ1v) is 6.10. The summed E-state index contributed by atoms with van der Waals surface area (Å²) in [6.07, 6.45) is 2.90. The van der Waals surface area contributed by atoms with E-state index in [1.807, 2.05) is 0 Å². The van der Waals surface area contributed by atoms with Crippen molar-refractivity contribution in [2.24, 2.45) is 0 Å². The molecule has 0 spiro atoms. The number of anilines is 1. The van der Waals surface area contributed by atoms with E-state index in [0.717, 1.165) is 0 Å². The highest BCUT2D eigenvalue weighted by molar-refractivity contribution is 6.04. The van der Waals surface area contributed by atoms with Crippen LogP contribution in [0.1, 0.15) is 10.4 Å². The molecule has 0 aliphatic rings. The molecule has 2 aromatic carbocycles. The number of rotatable bonds is 5. The third-order valence-electron chi connectivity index (χ3n) is 2.73. The Balaban J connectivity index is 2.04. The lowest BCUT2D eigenvalue weighted by Gasteiger charge is -2.03. The number of carbonyl (C=O) groups excluding carboxylic acids is 1. The number of nitrogens with one attached hydrogen (secondary N) is 1. The van der Waals surface area contributed by atoms with Crippen molar-refractivity contribution < 1.29 is 14.6 Å². The molecular formula is C16H15NO3. The van der Waals surface area contributed by atoms with E-state index < -0.39 is 0 Å². The summed E-state index contributed by atoms with van der Waals surface area (Å²) in [5.41, 5.74) is 1.09. The lowest BCUT2D eigenvalue weighted by Crippen LogP contribution is -1.97. The van der Waals surface area contributed by atoms with E-state index in [2.05, 4.69) is 5.32 Å². The average molecular weight is 269 g/mol. The zero-order valence-electron chi connectivity index (χ0n) is 11.0. The van der Waals surface area contributed by atoms with Crippen molar-refractivity contribution in [3.63, 3.8) is 0 Å². The summed E-state index contributed by atoms with van der Waals surface area (Å²) < 4.78 is 5.07. The molecule has 0 fully saturated rings. The number of para-hydroxylation sites is 2. The quantitative estimate of drug-likeness (QED) is 0.497. The Labute approximate surface area is 117 Å². The fourth-order valence-electron chi connectivity index (χ4n) is 1.68. The Morgan fingerprint density at radius 2 is 2.00 bits per heavy atom. The van der Waals surface area contributed by atoms with Gasteiger partial charge in [0.2, 0.25) is 0 Å². The third kappa shape index (κ3) is 3.38. The van der Waals surface area contributed by atoms with Crippen LogP contribution in [0.4, 0.5) is 5.69 Å². The van der Waals surface area contributed by atoms with Crippen molar-refractivity contribution in [1.82, 2.24) is 0 Å². The number of phenolic OH excluding ortho intramolecular Hbond substituents is 1. The SMILES string of the molecule is COc1cccc(C(=O)/C=C/Nc2ccccc2O)c1. The molecule has 102 valence electrons. The molecule has 20 heavy (non-hydrogen) atoms. The predicted molar refractivity (Wildman–Crippen MR) is 78.2 cm³/mol. The highest BCUT2D eigenvalue weighted by atomic mass is 16.5. The molecule has 4 heteroatoms. The van der Waals surface area contributed by atoms with Gasteiger partial charge in [-0.1, -0.05) is 24.3 Å². The Bertz CT molecular complexity index is 635. The number of hydrogen-bond acceptors (Lipinski definition) is 4. The maximum Gasteiger partial charge on any atom is 0.187 e. The topological polar surface area (TPSA) is 58.6 Å². The number of carbonyl (C=O) groups is 1. The Kier molecular flexibility index (Phi) is 4.39. The summed E-state index contributed by atoms with van der Waals surface area (Å²) in [6, 6.07) is 13.7. The standard InChI is InChI=1S/C16H15NO3/c1-20-13-6-4-5-12(11-13)15(18)9-10-17-14-7-2-3-8-16(14)19/h2-11,17,19H,1H3/b10-9+. The van der Waals surface area contributed by atoms with Crippen LogP contribution in [-0.4, -0.2) is 18.0 Å². The number of methoxy groups -OCH3 is 1. The molecule has 0 amide bonds. The van der Waals surface area contributed by atoms with Crippen LogP contribution in [0, 0.1) is 0 Å². The molecule has 2 rings (SSSR count). The number of phenols is 1. The van der Waals surface area contributed by atoms with Gasteiger partial charge in [-0.15, -0.1) is 0 Å². The summed E-state index contributed by atoms with van der Waals surface area (Å²) in [5.74, 6) is 0.621. The van der Waals surface area contributed by atoms with Crippen LogP contribution in [-0.2, 0) is 0 Å². The molecule has 0 atom stereocenters. The Morgan fingerprint density at radius 1 is 1.20 bits per heavy atom. The van der Waals surface area contributed by atoms with Crippen LogP contribution in [0.5, 0.6) is 11.5 Å². The maximum atomic E-state index is 11.9. The van der Waals surface area contributed by atoms with Gasteiger partial charge in [-0.2, -0.15) is 0 Å². The second-order valence-corrected chi connectivity index (χ2v) is 4.09. The van der Waals surface area contributed by atoms with Gasteiger partial charge in [0.15, 0.2) is 5.78 Å². The second kappa shape index (κ2) is 6.43. The monoisotopic (exact) mass is 269 g/mol. The minimum atomic E-state index is -0.146. The number of aromatic hydroxyl groups is 1. The van der Waals surface area contributed by atoms with Gasteiger partial charge < -0.3 is 15.2 Å². The first-order chi connectivity index (χ1) is 9.70. The molecule has 0 bridgehead atoms. The molecule has 2 N–H and O–H groups in total. The van der Waals surface area contributed by atoms with Crippen molar-refractivity contribution >= 4 is 11.5 Å². The molecular weight excluding hydrogens is 254 g/mol. The van der Waals surface area contributed by atoms with Crippen LogP contribution < -0.4 is 10.1 Å². The first kappa shape index (κ1) is 13.7. The normalized spacial score (nSPS) is 10.4. The van der Waals surface area contributed by atoms with Crippen molar-refractivity contribution in [3.8, 4) is 11.5 Å². The van der Waals surface area contributed by atoms with Crippen LogP contribution >= 0.6 is 0 Å². The highest BCUT2D eigenvalue weighted by Crippen LogP contribution is 2.21. The predicted octanol–water partition coefficient (Wildman–Crippen LogP) is 3.21. The molecule has 4 nitrogen and oxygen atoms in total. The molecule has 0 aromatic heterocycles. The molecule has 0 aliphatic carbocycles. The minimum absolute atomic E-state index is 0.131. The zero-order chi connectivity index (χ0) is 14.4. The van der Waals surface area contributed by atoms with Crippen LogP contribution in [0.3, 0.4) is 0 Å². The van der Waals surface area contributed by atoms with E-state index >= 15 is 0 Å². The van der Waals surface area contributed by atoms with E-state index in [-0.39, 0.29) is 11.5 Å². The molecule has 0 unspecified atom stereocenters. The van der Waals surface area contributed by atoms with Gasteiger partial charge in [-0.25, -0.2) is 0 Å². The van der Waals surface area contributed by atoms with Gasteiger partial charge >= 0.3 is 0 Å². The van der Waals surface area contributed by atoms with Crippen molar-refractivity contribution in [2.45, 2.75) is 0 Å². The van der Waals surface area contributed by atoms with Crippen LogP contribution in [0.15, 0.2) is 60.8 Å². The van der Waals surface area contributed by atoms with Gasteiger partial charge in [0.1, 0.15) is 11.5 Å². The minimum Gasteiger partial charge on any atom is -0.506 e. The third-order valence-corrected chi connectivity index (χ3v) is 2.73. The second-order valence-electron chi connectivity index (χ2n) is 4.09. The van der Waals surface area contributed by atoms with E-state index in [0.29, 0.717) is 17.0 Å². The molecule has 0 radical (unpaired) electrons. The van der Waals surface area contributed by atoms with Gasteiger partial charge in [0.05, 0.1) is 12.8 Å². The highest BCUT2D eigenvalue weighted by Gasteiger charge is 2.03.